The molecule has 1 saturated carbocycles. The van der Waals surface area contributed by atoms with Gasteiger partial charge in [-0.1, -0.05) is 19.3 Å². The largest absolute Gasteiger partial charge is 0.336 e. The van der Waals surface area contributed by atoms with Crippen molar-refractivity contribution in [3.05, 3.63) is 36.7 Å². The van der Waals surface area contributed by atoms with Gasteiger partial charge in [0.25, 0.3) is 0 Å². The van der Waals surface area contributed by atoms with E-state index in [-0.39, 0.29) is 0 Å². The molecule has 0 unspecified atom stereocenters. The Bertz CT molecular complexity index is 496. The fourth-order valence-corrected chi connectivity index (χ4v) is 2.86. The van der Waals surface area contributed by atoms with E-state index in [2.05, 4.69) is 31.8 Å². The Kier molecular flexibility index (Phi) is 4.48. The molecule has 20 heavy (non-hydrogen) atoms. The monoisotopic (exact) mass is 273 g/mol. The third-order valence-corrected chi connectivity index (χ3v) is 4.02. The van der Waals surface area contributed by atoms with Crippen molar-refractivity contribution in [3.8, 4) is 0 Å². The highest BCUT2D eigenvalue weighted by Crippen LogP contribution is 2.27. The number of aromatic nitrogens is 4. The minimum Gasteiger partial charge on any atom is -0.336 e. The molecule has 1 aliphatic rings. The highest BCUT2D eigenvalue weighted by Gasteiger charge is 2.15. The molecule has 0 saturated heterocycles. The lowest BCUT2D eigenvalue weighted by molar-refractivity contribution is 0.327. The van der Waals surface area contributed by atoms with Crippen molar-refractivity contribution < 1.29 is 0 Å². The first-order valence-corrected chi connectivity index (χ1v) is 7.62. The highest BCUT2D eigenvalue weighted by atomic mass is 15.3. The van der Waals surface area contributed by atoms with Gasteiger partial charge in [-0.3, -0.25) is 4.68 Å². The van der Waals surface area contributed by atoms with Crippen molar-refractivity contribution in [1.82, 2.24) is 24.6 Å². The van der Waals surface area contributed by atoms with Crippen LogP contribution in [0.5, 0.6) is 0 Å². The fourth-order valence-electron chi connectivity index (χ4n) is 2.86. The second-order valence-corrected chi connectivity index (χ2v) is 5.56. The predicted molar refractivity (Wildman–Crippen MR) is 78.3 cm³/mol. The Morgan fingerprint density at radius 1 is 1.20 bits per heavy atom. The molecule has 0 bridgehead atoms. The number of hydrogen-bond donors (Lipinski definition) is 1. The van der Waals surface area contributed by atoms with Crippen LogP contribution in [0, 0.1) is 0 Å². The summed E-state index contributed by atoms with van der Waals surface area (Å²) < 4.78 is 4.25. The van der Waals surface area contributed by atoms with E-state index in [1.54, 1.807) is 0 Å². The third kappa shape index (κ3) is 3.48. The highest BCUT2D eigenvalue weighted by molar-refractivity contribution is 4.99. The predicted octanol–water partition coefficient (Wildman–Crippen LogP) is 2.37. The minimum atomic E-state index is 0.628. The van der Waals surface area contributed by atoms with Gasteiger partial charge in [-0.15, -0.1) is 0 Å². The zero-order valence-electron chi connectivity index (χ0n) is 11.9. The van der Waals surface area contributed by atoms with Crippen LogP contribution in [0.3, 0.4) is 0 Å². The van der Waals surface area contributed by atoms with Gasteiger partial charge in [0.1, 0.15) is 0 Å². The van der Waals surface area contributed by atoms with Gasteiger partial charge in [-0.25, -0.2) is 4.98 Å². The van der Waals surface area contributed by atoms with Crippen molar-refractivity contribution in [1.29, 1.82) is 0 Å². The average Bonchev–Trinajstić information content (AvgIpc) is 3.16. The van der Waals surface area contributed by atoms with E-state index in [9.17, 15) is 0 Å². The zero-order chi connectivity index (χ0) is 13.6. The number of nitrogens with zero attached hydrogens (tertiary/aromatic N) is 4. The van der Waals surface area contributed by atoms with Gasteiger partial charge in [0.05, 0.1) is 18.1 Å². The van der Waals surface area contributed by atoms with E-state index >= 15 is 0 Å². The van der Waals surface area contributed by atoms with Gasteiger partial charge in [0, 0.05) is 38.2 Å². The number of hydrogen-bond acceptors (Lipinski definition) is 3. The second-order valence-electron chi connectivity index (χ2n) is 5.56. The summed E-state index contributed by atoms with van der Waals surface area (Å²) in [5.41, 5.74) is 1.14. The van der Waals surface area contributed by atoms with Crippen LogP contribution in [0.1, 0.15) is 43.8 Å². The molecule has 0 radical (unpaired) electrons. The minimum absolute atomic E-state index is 0.628. The molecule has 1 N–H and O–H groups in total. The van der Waals surface area contributed by atoms with Crippen LogP contribution < -0.4 is 5.32 Å². The lowest BCUT2D eigenvalue weighted by Gasteiger charge is -2.21. The molecular formula is C15H23N5. The van der Waals surface area contributed by atoms with Gasteiger partial charge in [0.2, 0.25) is 0 Å². The molecule has 1 aliphatic carbocycles. The van der Waals surface area contributed by atoms with Crippen molar-refractivity contribution >= 4 is 0 Å². The smallest absolute Gasteiger partial charge is 0.0946 e. The van der Waals surface area contributed by atoms with Gasteiger partial charge < -0.3 is 9.88 Å². The van der Waals surface area contributed by atoms with E-state index in [0.29, 0.717) is 6.04 Å². The molecular weight excluding hydrogens is 250 g/mol. The van der Waals surface area contributed by atoms with Crippen molar-refractivity contribution in [2.24, 2.45) is 0 Å². The van der Waals surface area contributed by atoms with Crippen LogP contribution in [0.2, 0.25) is 0 Å². The van der Waals surface area contributed by atoms with E-state index in [1.807, 2.05) is 18.7 Å². The second kappa shape index (κ2) is 6.70. The molecule has 2 heterocycles. The summed E-state index contributed by atoms with van der Waals surface area (Å²) in [6.07, 6.45) is 14.4. The summed E-state index contributed by atoms with van der Waals surface area (Å²) in [5, 5.41) is 8.14. The Morgan fingerprint density at radius 2 is 2.10 bits per heavy atom. The Hall–Kier alpha value is -1.62. The maximum Gasteiger partial charge on any atom is 0.0946 e. The van der Waals surface area contributed by atoms with Crippen LogP contribution in [0.25, 0.3) is 0 Å². The fraction of sp³-hybridized carbons (Fsp3) is 0.600. The first kappa shape index (κ1) is 13.4. The van der Waals surface area contributed by atoms with Crippen molar-refractivity contribution in [2.45, 2.75) is 51.2 Å². The van der Waals surface area contributed by atoms with E-state index in [0.717, 1.165) is 25.3 Å². The Morgan fingerprint density at radius 3 is 2.90 bits per heavy atom. The van der Waals surface area contributed by atoms with Crippen LogP contribution in [-0.2, 0) is 13.1 Å². The molecule has 1 fully saturated rings. The van der Waals surface area contributed by atoms with E-state index < -0.39 is 0 Å². The molecule has 5 nitrogen and oxygen atoms in total. The first-order chi connectivity index (χ1) is 9.92. The van der Waals surface area contributed by atoms with E-state index in [4.69, 9.17) is 5.10 Å². The Balaban J connectivity index is 1.42. The first-order valence-electron chi connectivity index (χ1n) is 7.62. The lowest BCUT2D eigenvalue weighted by atomic mass is 9.96. The molecule has 3 rings (SSSR count). The zero-order valence-corrected chi connectivity index (χ0v) is 11.9. The van der Waals surface area contributed by atoms with Crippen molar-refractivity contribution in [3.63, 3.8) is 0 Å². The van der Waals surface area contributed by atoms with Crippen LogP contribution in [-0.4, -0.2) is 25.9 Å². The van der Waals surface area contributed by atoms with E-state index in [1.165, 1.54) is 32.1 Å². The molecule has 0 spiro atoms. The molecule has 2 aromatic rings. The summed E-state index contributed by atoms with van der Waals surface area (Å²) >= 11 is 0. The summed E-state index contributed by atoms with van der Waals surface area (Å²) in [7, 11) is 0. The summed E-state index contributed by atoms with van der Waals surface area (Å²) in [6.45, 7) is 2.73. The molecule has 0 aliphatic heterocycles. The SMILES string of the molecule is c1cn(CCNCc2ccn(C3CCCCC3)n2)cn1. The van der Waals surface area contributed by atoms with Gasteiger partial charge in [-0.05, 0) is 18.9 Å². The van der Waals surface area contributed by atoms with Gasteiger partial charge in [0.15, 0.2) is 0 Å². The standard InChI is InChI=1S/C15H23N5/c1-2-4-15(5-3-1)20-9-6-14(18-20)12-16-7-10-19-11-8-17-13-19/h6,8-9,11,13,15-16H,1-5,7,10,12H2. The molecule has 5 heteroatoms. The number of nitrogens with one attached hydrogen (secondary N) is 1. The van der Waals surface area contributed by atoms with Gasteiger partial charge in [-0.2, -0.15) is 5.10 Å². The normalized spacial score (nSPS) is 16.6. The average molecular weight is 273 g/mol. The topological polar surface area (TPSA) is 47.7 Å². The molecule has 0 amide bonds. The van der Waals surface area contributed by atoms with Crippen molar-refractivity contribution in [2.75, 3.05) is 6.54 Å². The lowest BCUT2D eigenvalue weighted by Crippen LogP contribution is -2.20. The van der Waals surface area contributed by atoms with Crippen LogP contribution in [0.15, 0.2) is 31.0 Å². The van der Waals surface area contributed by atoms with Crippen LogP contribution in [0.4, 0.5) is 0 Å². The molecule has 0 atom stereocenters. The molecule has 0 aromatic carbocycles. The Labute approximate surface area is 120 Å². The van der Waals surface area contributed by atoms with Gasteiger partial charge >= 0.3 is 0 Å². The number of rotatable bonds is 6. The summed E-state index contributed by atoms with van der Waals surface area (Å²) in [4.78, 5) is 4.03. The summed E-state index contributed by atoms with van der Waals surface area (Å²) in [5.74, 6) is 0. The number of imidazole rings is 1. The maximum atomic E-state index is 4.70. The third-order valence-electron chi connectivity index (χ3n) is 4.02. The molecule has 108 valence electrons. The molecule has 2 aromatic heterocycles. The summed E-state index contributed by atoms with van der Waals surface area (Å²) in [6, 6.07) is 2.77. The maximum absolute atomic E-state index is 4.70. The quantitative estimate of drug-likeness (QED) is 0.822. The van der Waals surface area contributed by atoms with Crippen LogP contribution >= 0.6 is 0 Å².